The van der Waals surface area contributed by atoms with E-state index >= 15 is 0 Å². The van der Waals surface area contributed by atoms with Gasteiger partial charge in [-0.1, -0.05) is 50.6 Å². The number of hydrogen-bond donors (Lipinski definition) is 2. The summed E-state index contributed by atoms with van der Waals surface area (Å²) in [5.41, 5.74) is 3.14. The molecule has 0 unspecified atom stereocenters. The molecule has 0 atom stereocenters. The highest BCUT2D eigenvalue weighted by molar-refractivity contribution is 6.43. The summed E-state index contributed by atoms with van der Waals surface area (Å²) in [6.45, 7) is 8.20. The van der Waals surface area contributed by atoms with Gasteiger partial charge in [-0.15, -0.1) is 0 Å². The van der Waals surface area contributed by atoms with Gasteiger partial charge in [0, 0.05) is 16.4 Å². The maximum absolute atomic E-state index is 12.0. The molecule has 5 heteroatoms. The summed E-state index contributed by atoms with van der Waals surface area (Å²) in [6.07, 6.45) is 0. The number of carbonyl (C=O) groups excluding carboxylic acids is 2. The van der Waals surface area contributed by atoms with Crippen molar-refractivity contribution in [3.63, 3.8) is 0 Å². The van der Waals surface area contributed by atoms with Crippen molar-refractivity contribution in [2.24, 2.45) is 0 Å². The lowest BCUT2D eigenvalue weighted by Gasteiger charge is -2.19. The Kier molecular flexibility index (Phi) is 5.30. The molecule has 0 aliphatic rings. The number of carbonyl (C=O) groups is 2. The number of anilines is 2. The van der Waals surface area contributed by atoms with Crippen molar-refractivity contribution < 1.29 is 9.59 Å². The topological polar surface area (TPSA) is 58.2 Å². The summed E-state index contributed by atoms with van der Waals surface area (Å²) in [6, 6.07) is 12.5. The highest BCUT2D eigenvalue weighted by atomic mass is 35.5. The second-order valence-corrected chi connectivity index (χ2v) is 7.11. The molecule has 2 aromatic carbocycles. The molecule has 2 N–H and O–H groups in total. The predicted molar refractivity (Wildman–Crippen MR) is 98.6 cm³/mol. The Morgan fingerprint density at radius 3 is 1.88 bits per heavy atom. The molecular weight excluding hydrogens is 324 g/mol. The molecule has 0 fully saturated rings. The first-order chi connectivity index (χ1) is 11.2. The summed E-state index contributed by atoms with van der Waals surface area (Å²) in [5, 5.41) is 5.65. The lowest BCUT2D eigenvalue weighted by atomic mass is 9.87. The lowest BCUT2D eigenvalue weighted by molar-refractivity contribution is -0.132. The van der Waals surface area contributed by atoms with Crippen LogP contribution in [0.25, 0.3) is 0 Å². The van der Waals surface area contributed by atoms with Crippen molar-refractivity contribution in [2.75, 3.05) is 10.6 Å². The van der Waals surface area contributed by atoms with Crippen LogP contribution >= 0.6 is 11.6 Å². The molecule has 0 aliphatic carbocycles. The second-order valence-electron chi connectivity index (χ2n) is 6.70. The Hall–Kier alpha value is -2.33. The van der Waals surface area contributed by atoms with Crippen LogP contribution in [0, 0.1) is 6.92 Å². The van der Waals surface area contributed by atoms with E-state index in [9.17, 15) is 9.59 Å². The van der Waals surface area contributed by atoms with E-state index in [1.54, 1.807) is 30.3 Å². The maximum Gasteiger partial charge on any atom is 0.314 e. The Labute approximate surface area is 147 Å². The van der Waals surface area contributed by atoms with Crippen LogP contribution in [-0.2, 0) is 15.0 Å². The van der Waals surface area contributed by atoms with Gasteiger partial charge in [-0.25, -0.2) is 0 Å². The van der Waals surface area contributed by atoms with Gasteiger partial charge in [0.1, 0.15) is 0 Å². The third-order valence-corrected chi connectivity index (χ3v) is 4.05. The smallest absolute Gasteiger partial charge is 0.314 e. The average molecular weight is 345 g/mol. The summed E-state index contributed by atoms with van der Waals surface area (Å²) < 4.78 is 0. The van der Waals surface area contributed by atoms with Gasteiger partial charge in [0.2, 0.25) is 0 Å². The van der Waals surface area contributed by atoms with Crippen molar-refractivity contribution in [3.05, 3.63) is 58.6 Å². The molecule has 0 bridgehead atoms. The molecule has 0 saturated carbocycles. The number of aryl methyl sites for hydroxylation is 1. The Morgan fingerprint density at radius 2 is 1.38 bits per heavy atom. The summed E-state index contributed by atoms with van der Waals surface area (Å²) in [7, 11) is 0. The number of nitrogens with one attached hydrogen (secondary N) is 2. The molecule has 4 nitrogen and oxygen atoms in total. The third-order valence-electron chi connectivity index (χ3n) is 3.64. The zero-order chi connectivity index (χ0) is 17.9. The highest BCUT2D eigenvalue weighted by Gasteiger charge is 2.16. The zero-order valence-corrected chi connectivity index (χ0v) is 15.0. The molecule has 0 heterocycles. The minimum absolute atomic E-state index is 0.0324. The van der Waals surface area contributed by atoms with E-state index in [-0.39, 0.29) is 5.41 Å². The van der Waals surface area contributed by atoms with Crippen LogP contribution in [0.4, 0.5) is 11.4 Å². The van der Waals surface area contributed by atoms with Crippen molar-refractivity contribution in [3.8, 4) is 0 Å². The molecule has 0 aliphatic heterocycles. The average Bonchev–Trinajstić information content (AvgIpc) is 2.50. The van der Waals surface area contributed by atoms with E-state index in [2.05, 4.69) is 31.4 Å². The molecule has 2 amide bonds. The fourth-order valence-corrected chi connectivity index (χ4v) is 2.28. The third kappa shape index (κ3) is 4.59. The number of amides is 2. The Balaban J connectivity index is 2.01. The first-order valence-electron chi connectivity index (χ1n) is 7.66. The van der Waals surface area contributed by atoms with E-state index in [1.807, 2.05) is 19.1 Å². The molecule has 2 rings (SSSR count). The monoisotopic (exact) mass is 344 g/mol. The van der Waals surface area contributed by atoms with E-state index in [0.29, 0.717) is 16.4 Å². The van der Waals surface area contributed by atoms with Crippen molar-refractivity contribution >= 4 is 34.8 Å². The van der Waals surface area contributed by atoms with Crippen LogP contribution in [0.5, 0.6) is 0 Å². The van der Waals surface area contributed by atoms with Crippen LogP contribution in [-0.4, -0.2) is 11.8 Å². The van der Waals surface area contributed by atoms with Gasteiger partial charge in [0.15, 0.2) is 0 Å². The first kappa shape index (κ1) is 18.0. The molecule has 0 saturated heterocycles. The van der Waals surface area contributed by atoms with Gasteiger partial charge in [-0.2, -0.15) is 0 Å². The standard InChI is InChI=1S/C19H21ClN2O2/c1-12-5-8-15(11-16(12)20)22-18(24)17(23)21-14-9-6-13(7-10-14)19(2,3)4/h5-11H,1-4H3,(H,21,23)(H,22,24). The van der Waals surface area contributed by atoms with E-state index in [0.717, 1.165) is 11.1 Å². The lowest BCUT2D eigenvalue weighted by Crippen LogP contribution is -2.29. The number of benzene rings is 2. The zero-order valence-electron chi connectivity index (χ0n) is 14.2. The quantitative estimate of drug-likeness (QED) is 0.787. The van der Waals surface area contributed by atoms with Gasteiger partial charge in [0.25, 0.3) is 0 Å². The minimum Gasteiger partial charge on any atom is -0.318 e. The number of rotatable bonds is 2. The molecule has 0 radical (unpaired) electrons. The Morgan fingerprint density at radius 1 is 0.875 bits per heavy atom. The number of hydrogen-bond acceptors (Lipinski definition) is 2. The maximum atomic E-state index is 12.0. The van der Waals surface area contributed by atoms with E-state index in [1.165, 1.54) is 0 Å². The van der Waals surface area contributed by atoms with Gasteiger partial charge < -0.3 is 10.6 Å². The van der Waals surface area contributed by atoms with Crippen molar-refractivity contribution in [2.45, 2.75) is 33.1 Å². The van der Waals surface area contributed by atoms with Gasteiger partial charge in [-0.05, 0) is 47.7 Å². The SMILES string of the molecule is Cc1ccc(NC(=O)C(=O)Nc2ccc(C(C)(C)C)cc2)cc1Cl. The van der Waals surface area contributed by atoms with Crippen molar-refractivity contribution in [1.82, 2.24) is 0 Å². The van der Waals surface area contributed by atoms with Crippen LogP contribution in [0.15, 0.2) is 42.5 Å². The minimum atomic E-state index is -0.741. The predicted octanol–water partition coefficient (Wildman–Crippen LogP) is 4.52. The fourth-order valence-electron chi connectivity index (χ4n) is 2.10. The largest absolute Gasteiger partial charge is 0.318 e. The first-order valence-corrected chi connectivity index (χ1v) is 8.03. The van der Waals surface area contributed by atoms with Gasteiger partial charge >= 0.3 is 11.8 Å². The van der Waals surface area contributed by atoms with Gasteiger partial charge in [-0.3, -0.25) is 9.59 Å². The van der Waals surface area contributed by atoms with E-state index < -0.39 is 11.8 Å². The molecule has 0 aromatic heterocycles. The molecule has 0 spiro atoms. The molecular formula is C19H21ClN2O2. The fraction of sp³-hybridized carbons (Fsp3) is 0.263. The van der Waals surface area contributed by atoms with Crippen LogP contribution < -0.4 is 10.6 Å². The van der Waals surface area contributed by atoms with Crippen LogP contribution in [0.1, 0.15) is 31.9 Å². The van der Waals surface area contributed by atoms with Crippen LogP contribution in [0.2, 0.25) is 5.02 Å². The van der Waals surface area contributed by atoms with E-state index in [4.69, 9.17) is 11.6 Å². The van der Waals surface area contributed by atoms with Crippen LogP contribution in [0.3, 0.4) is 0 Å². The normalized spacial score (nSPS) is 11.0. The highest BCUT2D eigenvalue weighted by Crippen LogP contribution is 2.23. The molecule has 24 heavy (non-hydrogen) atoms. The molecule has 2 aromatic rings. The summed E-state index contributed by atoms with van der Waals surface area (Å²) in [4.78, 5) is 24.0. The second kappa shape index (κ2) is 7.05. The summed E-state index contributed by atoms with van der Waals surface area (Å²) in [5.74, 6) is -1.47. The summed E-state index contributed by atoms with van der Waals surface area (Å²) >= 11 is 6.01. The Bertz CT molecular complexity index is 762. The van der Waals surface area contributed by atoms with Crippen molar-refractivity contribution in [1.29, 1.82) is 0 Å². The molecule has 126 valence electrons. The van der Waals surface area contributed by atoms with Gasteiger partial charge in [0.05, 0.1) is 0 Å². The number of halogens is 1.